The fourth-order valence-electron chi connectivity index (χ4n) is 1.77. The minimum absolute atomic E-state index is 0.129. The van der Waals surface area contributed by atoms with Crippen molar-refractivity contribution in [2.24, 2.45) is 5.92 Å². The Morgan fingerprint density at radius 3 is 2.20 bits per heavy atom. The Labute approximate surface area is 94.1 Å². The van der Waals surface area contributed by atoms with E-state index >= 15 is 0 Å². The molecule has 5 nitrogen and oxygen atoms in total. The van der Waals surface area contributed by atoms with Crippen LogP contribution in [0.15, 0.2) is 0 Å². The van der Waals surface area contributed by atoms with Gasteiger partial charge in [-0.2, -0.15) is 12.6 Å². The molecule has 1 heterocycles. The molecule has 1 amide bonds. The number of hydrogen-bond acceptors (Lipinski definition) is 5. The molecule has 0 bridgehead atoms. The highest BCUT2D eigenvalue weighted by Gasteiger charge is 2.43. The van der Waals surface area contributed by atoms with Gasteiger partial charge >= 0.3 is 0 Å². The average molecular weight is 235 g/mol. The maximum atomic E-state index is 11.6. The highest BCUT2D eigenvalue weighted by Crippen LogP contribution is 2.26. The van der Waals surface area contributed by atoms with E-state index in [1.165, 1.54) is 4.90 Å². The summed E-state index contributed by atoms with van der Waals surface area (Å²) in [6.45, 7) is -0.884. The summed E-state index contributed by atoms with van der Waals surface area (Å²) in [7, 11) is 0. The molecular formula is C9H17NO4S. The predicted octanol–water partition coefficient (Wildman–Crippen LogP) is -1.52. The second-order valence-electron chi connectivity index (χ2n) is 3.96. The van der Waals surface area contributed by atoms with E-state index in [1.54, 1.807) is 0 Å². The van der Waals surface area contributed by atoms with Crippen LogP contribution in [0.2, 0.25) is 0 Å². The highest BCUT2D eigenvalue weighted by atomic mass is 32.1. The summed E-state index contributed by atoms with van der Waals surface area (Å²) in [6.07, 6.45) is 0.366. The third-order valence-corrected chi connectivity index (χ3v) is 3.44. The minimum Gasteiger partial charge on any atom is -0.394 e. The van der Waals surface area contributed by atoms with Gasteiger partial charge in [-0.1, -0.05) is 0 Å². The van der Waals surface area contributed by atoms with Crippen LogP contribution >= 0.6 is 12.6 Å². The molecule has 6 heteroatoms. The number of carbonyl (C=O) groups excluding carboxylic acids is 1. The van der Waals surface area contributed by atoms with Gasteiger partial charge in [-0.25, -0.2) is 0 Å². The number of aliphatic hydroxyl groups is 3. The van der Waals surface area contributed by atoms with Crippen LogP contribution < -0.4 is 0 Å². The normalized spacial score (nSPS) is 22.5. The first-order chi connectivity index (χ1) is 7.13. The van der Waals surface area contributed by atoms with Gasteiger partial charge in [0.05, 0.1) is 19.8 Å². The molecular weight excluding hydrogens is 218 g/mol. The quantitative estimate of drug-likeness (QED) is 0.436. The highest BCUT2D eigenvalue weighted by molar-refractivity contribution is 7.80. The number of carbonyl (C=O) groups is 1. The van der Waals surface area contributed by atoms with Gasteiger partial charge < -0.3 is 20.2 Å². The fourth-order valence-corrected chi connectivity index (χ4v) is 2.01. The van der Waals surface area contributed by atoms with Crippen LogP contribution in [0.25, 0.3) is 0 Å². The van der Waals surface area contributed by atoms with Crippen LogP contribution in [-0.4, -0.2) is 63.8 Å². The zero-order chi connectivity index (χ0) is 11.5. The number of amides is 1. The van der Waals surface area contributed by atoms with Gasteiger partial charge in [0.25, 0.3) is 0 Å². The average Bonchev–Trinajstić information content (AvgIpc) is 2.64. The maximum absolute atomic E-state index is 11.6. The number of hydrogen-bond donors (Lipinski definition) is 4. The number of likely N-dealkylation sites (tertiary alicyclic amines) is 1. The number of nitrogens with zero attached hydrogens (tertiary/aromatic N) is 1. The smallest absolute Gasteiger partial charge is 0.223 e. The predicted molar refractivity (Wildman–Crippen MR) is 57.7 cm³/mol. The second-order valence-corrected chi connectivity index (χ2v) is 4.32. The first-order valence-electron chi connectivity index (χ1n) is 4.87. The number of rotatable bonds is 5. The van der Waals surface area contributed by atoms with Crippen molar-refractivity contribution in [1.82, 2.24) is 4.90 Å². The van der Waals surface area contributed by atoms with Crippen molar-refractivity contribution >= 4 is 18.5 Å². The molecule has 0 spiro atoms. The number of aliphatic hydroxyl groups excluding tert-OH is 3. The van der Waals surface area contributed by atoms with E-state index in [0.29, 0.717) is 18.7 Å². The van der Waals surface area contributed by atoms with Crippen LogP contribution in [0.4, 0.5) is 0 Å². The summed E-state index contributed by atoms with van der Waals surface area (Å²) >= 11 is 4.11. The molecule has 1 aliphatic heterocycles. The van der Waals surface area contributed by atoms with Gasteiger partial charge in [0.1, 0.15) is 5.54 Å². The van der Waals surface area contributed by atoms with E-state index in [2.05, 4.69) is 12.6 Å². The molecule has 1 atom stereocenters. The van der Waals surface area contributed by atoms with Crippen LogP contribution in [-0.2, 0) is 4.79 Å². The molecule has 1 fully saturated rings. The lowest BCUT2D eigenvalue weighted by atomic mass is 10.0. The van der Waals surface area contributed by atoms with E-state index in [0.717, 1.165) is 0 Å². The van der Waals surface area contributed by atoms with E-state index in [1.807, 2.05) is 0 Å². The van der Waals surface area contributed by atoms with E-state index in [9.17, 15) is 20.1 Å². The Kier molecular flexibility index (Phi) is 4.39. The minimum atomic E-state index is -1.23. The van der Waals surface area contributed by atoms with Crippen LogP contribution in [0.1, 0.15) is 6.42 Å². The van der Waals surface area contributed by atoms with Crippen molar-refractivity contribution in [3.8, 4) is 0 Å². The van der Waals surface area contributed by atoms with Gasteiger partial charge in [0.2, 0.25) is 5.91 Å². The Balaban J connectivity index is 2.81. The van der Waals surface area contributed by atoms with Gasteiger partial charge in [0.15, 0.2) is 0 Å². The third-order valence-electron chi connectivity index (χ3n) is 2.92. The first kappa shape index (κ1) is 12.8. The summed E-state index contributed by atoms with van der Waals surface area (Å²) in [5.41, 5.74) is -1.23. The van der Waals surface area contributed by atoms with Crippen molar-refractivity contribution in [1.29, 1.82) is 0 Å². The van der Waals surface area contributed by atoms with Crippen molar-refractivity contribution in [2.45, 2.75) is 12.0 Å². The molecule has 1 aliphatic rings. The zero-order valence-corrected chi connectivity index (χ0v) is 9.36. The van der Waals surface area contributed by atoms with Gasteiger partial charge in [-0.3, -0.25) is 4.79 Å². The molecule has 0 radical (unpaired) electrons. The lowest BCUT2D eigenvalue weighted by molar-refractivity contribution is -0.140. The molecule has 0 aromatic rings. The molecule has 15 heavy (non-hydrogen) atoms. The summed E-state index contributed by atoms with van der Waals surface area (Å²) in [5.74, 6) is 0.566. The molecule has 0 saturated carbocycles. The Morgan fingerprint density at radius 1 is 1.33 bits per heavy atom. The summed E-state index contributed by atoms with van der Waals surface area (Å²) in [4.78, 5) is 13.0. The molecule has 0 aromatic carbocycles. The molecule has 88 valence electrons. The summed E-state index contributed by atoms with van der Waals surface area (Å²) < 4.78 is 0. The van der Waals surface area contributed by atoms with Crippen LogP contribution in [0.3, 0.4) is 0 Å². The fraction of sp³-hybridized carbons (Fsp3) is 0.889. The molecule has 1 unspecified atom stereocenters. The Hall–Kier alpha value is -0.300. The second kappa shape index (κ2) is 5.16. The topological polar surface area (TPSA) is 81.0 Å². The van der Waals surface area contributed by atoms with E-state index in [4.69, 9.17) is 0 Å². The third kappa shape index (κ3) is 2.28. The Bertz CT molecular complexity index is 224. The van der Waals surface area contributed by atoms with Gasteiger partial charge in [-0.05, 0) is 11.7 Å². The van der Waals surface area contributed by atoms with Crippen molar-refractivity contribution in [2.75, 3.05) is 32.1 Å². The molecule has 0 aliphatic carbocycles. The molecule has 3 N–H and O–H groups in total. The van der Waals surface area contributed by atoms with E-state index in [-0.39, 0.29) is 11.8 Å². The van der Waals surface area contributed by atoms with Crippen LogP contribution in [0.5, 0.6) is 0 Å². The standard InChI is InChI=1S/C9H17NO4S/c11-4-9(5-12,6-13)10-2-7(3-15)1-8(10)14/h7,11-13,15H,1-6H2. The monoisotopic (exact) mass is 235 g/mol. The zero-order valence-electron chi connectivity index (χ0n) is 8.46. The molecule has 1 rings (SSSR count). The van der Waals surface area contributed by atoms with Crippen molar-refractivity contribution < 1.29 is 20.1 Å². The molecule has 1 saturated heterocycles. The number of thiol groups is 1. The largest absolute Gasteiger partial charge is 0.394 e. The molecule has 0 aromatic heterocycles. The maximum Gasteiger partial charge on any atom is 0.223 e. The lowest BCUT2D eigenvalue weighted by Crippen LogP contribution is -2.57. The summed E-state index contributed by atoms with van der Waals surface area (Å²) in [5, 5.41) is 27.5. The lowest BCUT2D eigenvalue weighted by Gasteiger charge is -2.37. The Morgan fingerprint density at radius 2 is 1.87 bits per heavy atom. The first-order valence-corrected chi connectivity index (χ1v) is 5.50. The summed E-state index contributed by atoms with van der Waals surface area (Å²) in [6, 6.07) is 0. The van der Waals surface area contributed by atoms with Gasteiger partial charge in [0, 0.05) is 13.0 Å². The van der Waals surface area contributed by atoms with Crippen molar-refractivity contribution in [3.63, 3.8) is 0 Å². The van der Waals surface area contributed by atoms with E-state index < -0.39 is 25.4 Å². The SMILES string of the molecule is O=C1CC(CS)CN1C(CO)(CO)CO. The van der Waals surface area contributed by atoms with Gasteiger partial charge in [-0.15, -0.1) is 0 Å². The van der Waals surface area contributed by atoms with Crippen molar-refractivity contribution in [3.05, 3.63) is 0 Å². The van der Waals surface area contributed by atoms with Crippen LogP contribution in [0, 0.1) is 5.92 Å².